The molecule has 1 aromatic rings. The number of methoxy groups -OCH3 is 1. The molecule has 1 aliphatic rings. The summed E-state index contributed by atoms with van der Waals surface area (Å²) in [5, 5.41) is 0. The summed E-state index contributed by atoms with van der Waals surface area (Å²) in [5.74, 6) is 5.85. The second kappa shape index (κ2) is 7.28. The fourth-order valence-corrected chi connectivity index (χ4v) is 2.21. The molecule has 1 aromatic carbocycles. The summed E-state index contributed by atoms with van der Waals surface area (Å²) in [6.07, 6.45) is 8.88. The molecular weight excluding hydrogens is 272 g/mol. The third kappa shape index (κ3) is 3.45. The van der Waals surface area contributed by atoms with Crippen LogP contribution in [0.2, 0.25) is 0 Å². The molecule has 0 aromatic heterocycles. The van der Waals surface area contributed by atoms with Crippen molar-refractivity contribution < 1.29 is 9.53 Å². The summed E-state index contributed by atoms with van der Waals surface area (Å²) in [7, 11) is 1.37. The molecule has 0 N–H and O–H groups in total. The maximum atomic E-state index is 11.8. The molecule has 0 bridgehead atoms. The summed E-state index contributed by atoms with van der Waals surface area (Å²) in [4.78, 5) is 11.8. The molecule has 0 saturated carbocycles. The van der Waals surface area contributed by atoms with Crippen LogP contribution in [0.15, 0.2) is 71.9 Å². The van der Waals surface area contributed by atoms with Crippen molar-refractivity contribution in [1.29, 1.82) is 0 Å². The van der Waals surface area contributed by atoms with Crippen LogP contribution < -0.4 is 0 Å². The van der Waals surface area contributed by atoms with E-state index in [2.05, 4.69) is 24.5 Å². The van der Waals surface area contributed by atoms with Gasteiger partial charge in [0.2, 0.25) is 0 Å². The second-order valence-electron chi connectivity index (χ2n) is 4.82. The molecule has 0 atom stereocenters. The number of rotatable bonds is 2. The molecule has 0 saturated heterocycles. The highest BCUT2D eigenvalue weighted by molar-refractivity contribution is 5.92. The van der Waals surface area contributed by atoms with Crippen molar-refractivity contribution in [3.8, 4) is 11.8 Å². The van der Waals surface area contributed by atoms with E-state index in [-0.39, 0.29) is 5.97 Å². The smallest absolute Gasteiger partial charge is 0.339 e. The number of carbonyl (C=O) groups excluding carboxylic acids is 1. The molecule has 2 nitrogen and oxygen atoms in total. The van der Waals surface area contributed by atoms with Crippen molar-refractivity contribution in [3.05, 3.63) is 83.0 Å². The molecule has 2 rings (SSSR count). The molecule has 0 heterocycles. The van der Waals surface area contributed by atoms with Crippen LogP contribution in [0.4, 0.5) is 0 Å². The van der Waals surface area contributed by atoms with Gasteiger partial charge < -0.3 is 4.74 Å². The van der Waals surface area contributed by atoms with Crippen molar-refractivity contribution in [1.82, 2.24) is 0 Å². The molecule has 1 aliphatic carbocycles. The standard InChI is InChI=1S/C20H18O2/c1-4-8-16(18-12-7-9-15(18)2)13-14-17-10-5-6-11-19(17)20(21)22-3/h4-8,10-12H,2,9H2,1,3H3/b8-4-,18-16+. The third-order valence-corrected chi connectivity index (χ3v) is 3.32. The maximum Gasteiger partial charge on any atom is 0.339 e. The van der Waals surface area contributed by atoms with E-state index in [0.29, 0.717) is 11.1 Å². The molecule has 110 valence electrons. The first-order valence-corrected chi connectivity index (χ1v) is 7.08. The van der Waals surface area contributed by atoms with E-state index in [4.69, 9.17) is 4.74 Å². The number of allylic oxidation sites excluding steroid dienone is 7. The van der Waals surface area contributed by atoms with Crippen LogP contribution in [0.1, 0.15) is 29.3 Å². The predicted molar refractivity (Wildman–Crippen MR) is 89.4 cm³/mol. The molecule has 0 amide bonds. The highest BCUT2D eigenvalue weighted by atomic mass is 16.5. The van der Waals surface area contributed by atoms with E-state index in [0.717, 1.165) is 23.1 Å². The lowest BCUT2D eigenvalue weighted by molar-refractivity contribution is 0.0600. The van der Waals surface area contributed by atoms with Gasteiger partial charge in [0.15, 0.2) is 0 Å². The third-order valence-electron chi connectivity index (χ3n) is 3.32. The van der Waals surface area contributed by atoms with Gasteiger partial charge in [-0.1, -0.05) is 54.9 Å². The van der Waals surface area contributed by atoms with Gasteiger partial charge in [0.25, 0.3) is 0 Å². The number of hydrogen-bond donors (Lipinski definition) is 0. The Morgan fingerprint density at radius 3 is 2.77 bits per heavy atom. The average Bonchev–Trinajstić information content (AvgIpc) is 2.97. The average molecular weight is 290 g/mol. The molecule has 0 aliphatic heterocycles. The van der Waals surface area contributed by atoms with E-state index in [9.17, 15) is 4.79 Å². The van der Waals surface area contributed by atoms with E-state index >= 15 is 0 Å². The first kappa shape index (κ1) is 15.6. The van der Waals surface area contributed by atoms with Gasteiger partial charge in [-0.25, -0.2) is 4.79 Å². The fraction of sp³-hybridized carbons (Fsp3) is 0.150. The molecule has 0 unspecified atom stereocenters. The molecule has 0 spiro atoms. The molecule has 22 heavy (non-hydrogen) atoms. The zero-order valence-electron chi connectivity index (χ0n) is 12.8. The van der Waals surface area contributed by atoms with Crippen molar-refractivity contribution in [2.75, 3.05) is 7.11 Å². The van der Waals surface area contributed by atoms with Crippen molar-refractivity contribution in [2.45, 2.75) is 13.3 Å². The fourth-order valence-electron chi connectivity index (χ4n) is 2.21. The largest absolute Gasteiger partial charge is 0.465 e. The minimum atomic E-state index is -0.379. The highest BCUT2D eigenvalue weighted by Gasteiger charge is 2.10. The van der Waals surface area contributed by atoms with Crippen LogP contribution in [0.5, 0.6) is 0 Å². The zero-order valence-corrected chi connectivity index (χ0v) is 12.8. The maximum absolute atomic E-state index is 11.8. The minimum absolute atomic E-state index is 0.379. The number of esters is 1. The summed E-state index contributed by atoms with van der Waals surface area (Å²) in [6, 6.07) is 7.18. The van der Waals surface area contributed by atoms with Gasteiger partial charge in [0.05, 0.1) is 12.7 Å². The zero-order chi connectivity index (χ0) is 15.9. The van der Waals surface area contributed by atoms with Crippen LogP contribution in [0, 0.1) is 11.8 Å². The van der Waals surface area contributed by atoms with E-state index in [1.165, 1.54) is 7.11 Å². The van der Waals surface area contributed by atoms with Gasteiger partial charge in [-0.05, 0) is 36.6 Å². The van der Waals surface area contributed by atoms with Gasteiger partial charge in [0, 0.05) is 11.1 Å². The topological polar surface area (TPSA) is 26.3 Å². The van der Waals surface area contributed by atoms with Gasteiger partial charge in [-0.15, -0.1) is 0 Å². The molecule has 0 radical (unpaired) electrons. The lowest BCUT2D eigenvalue weighted by Gasteiger charge is -2.02. The van der Waals surface area contributed by atoms with Gasteiger partial charge in [-0.2, -0.15) is 0 Å². The quantitative estimate of drug-likeness (QED) is 0.602. The Morgan fingerprint density at radius 1 is 1.36 bits per heavy atom. The van der Waals surface area contributed by atoms with Crippen molar-refractivity contribution >= 4 is 5.97 Å². The summed E-state index contributed by atoms with van der Waals surface area (Å²) < 4.78 is 4.79. The lowest BCUT2D eigenvalue weighted by Crippen LogP contribution is -2.03. The Hall–Kier alpha value is -2.79. The van der Waals surface area contributed by atoms with Crippen LogP contribution >= 0.6 is 0 Å². The first-order valence-electron chi connectivity index (χ1n) is 7.08. The normalized spacial score (nSPS) is 15.6. The lowest BCUT2D eigenvalue weighted by atomic mass is 10.0. The van der Waals surface area contributed by atoms with Crippen LogP contribution in [-0.2, 0) is 4.74 Å². The number of hydrogen-bond acceptors (Lipinski definition) is 2. The number of ether oxygens (including phenoxy) is 1. The van der Waals surface area contributed by atoms with Gasteiger partial charge >= 0.3 is 5.97 Å². The van der Waals surface area contributed by atoms with Crippen LogP contribution in [0.25, 0.3) is 0 Å². The molecule has 2 heteroatoms. The summed E-state index contributed by atoms with van der Waals surface area (Å²) >= 11 is 0. The van der Waals surface area contributed by atoms with Gasteiger partial charge in [-0.3, -0.25) is 0 Å². The van der Waals surface area contributed by atoms with Crippen molar-refractivity contribution in [3.63, 3.8) is 0 Å². The molecule has 0 fully saturated rings. The Balaban J connectivity index is 2.46. The van der Waals surface area contributed by atoms with Crippen LogP contribution in [-0.4, -0.2) is 13.1 Å². The number of carbonyl (C=O) groups is 1. The Kier molecular flexibility index (Phi) is 5.16. The first-order chi connectivity index (χ1) is 10.7. The Morgan fingerprint density at radius 2 is 2.14 bits per heavy atom. The summed E-state index contributed by atoms with van der Waals surface area (Å²) in [5.41, 5.74) is 4.15. The predicted octanol–water partition coefficient (Wildman–Crippen LogP) is 4.21. The van der Waals surface area contributed by atoms with Gasteiger partial charge in [0.1, 0.15) is 0 Å². The summed E-state index contributed by atoms with van der Waals surface area (Å²) in [6.45, 7) is 6.01. The number of benzene rings is 1. The SMILES string of the molecule is C=C1CC=C/C1=C(C#Cc1ccccc1C(=O)OC)/C=C\C. The van der Waals surface area contributed by atoms with E-state index in [1.54, 1.807) is 12.1 Å². The Bertz CT molecular complexity index is 749. The highest BCUT2D eigenvalue weighted by Crippen LogP contribution is 2.25. The van der Waals surface area contributed by atoms with E-state index in [1.807, 2.05) is 37.3 Å². The van der Waals surface area contributed by atoms with E-state index < -0.39 is 0 Å². The monoisotopic (exact) mass is 290 g/mol. The van der Waals surface area contributed by atoms with Crippen molar-refractivity contribution in [2.24, 2.45) is 0 Å². The van der Waals surface area contributed by atoms with Crippen LogP contribution in [0.3, 0.4) is 0 Å². The molecular formula is C20H18O2. The Labute approximate surface area is 131 Å². The second-order valence-corrected chi connectivity index (χ2v) is 4.82. The minimum Gasteiger partial charge on any atom is -0.465 e.